The van der Waals surface area contributed by atoms with Crippen LogP contribution < -0.4 is 0 Å². The van der Waals surface area contributed by atoms with Gasteiger partial charge in [-0.2, -0.15) is 0 Å². The van der Waals surface area contributed by atoms with Crippen LogP contribution in [0.3, 0.4) is 0 Å². The number of benzene rings is 1. The van der Waals surface area contributed by atoms with Crippen molar-refractivity contribution in [2.45, 2.75) is 6.92 Å². The number of hydrogen-bond donors (Lipinski definition) is 1. The summed E-state index contributed by atoms with van der Waals surface area (Å²) in [6.45, 7) is 1.83. The van der Waals surface area contributed by atoms with Crippen molar-refractivity contribution in [3.8, 4) is 0 Å². The summed E-state index contributed by atoms with van der Waals surface area (Å²) in [5.74, 6) is -1.35. The molecule has 5 nitrogen and oxygen atoms in total. The van der Waals surface area contributed by atoms with Gasteiger partial charge in [-0.1, -0.05) is 18.2 Å². The molecule has 0 amide bonds. The lowest BCUT2D eigenvalue weighted by Crippen LogP contribution is -2.20. The maximum Gasteiger partial charge on any atom is 0.356 e. The van der Waals surface area contributed by atoms with E-state index in [0.29, 0.717) is 0 Å². The molecule has 1 aromatic carbocycles. The van der Waals surface area contributed by atoms with E-state index in [0.717, 1.165) is 0 Å². The molecule has 0 heterocycles. The summed E-state index contributed by atoms with van der Waals surface area (Å²) in [7, 11) is 1.24. The van der Waals surface area contributed by atoms with E-state index in [1.54, 1.807) is 19.1 Å². The zero-order valence-electron chi connectivity index (χ0n) is 9.65. The van der Waals surface area contributed by atoms with Crippen LogP contribution in [0.1, 0.15) is 22.8 Å². The second kappa shape index (κ2) is 5.79. The summed E-state index contributed by atoms with van der Waals surface area (Å²) >= 11 is 0. The average Bonchev–Trinajstić information content (AvgIpc) is 2.37. The summed E-state index contributed by atoms with van der Waals surface area (Å²) in [4.78, 5) is 22.9. The second-order valence-corrected chi connectivity index (χ2v) is 3.13. The molecule has 0 saturated heterocycles. The standard InChI is InChI=1S/C12H13NO4/c1-3-17-12(15)10(13)8-6-4-5-7-9(8)11(14)16-2/h4-7,13H,3H2,1-2H3. The minimum absolute atomic E-state index is 0.174. The zero-order chi connectivity index (χ0) is 12.8. The lowest BCUT2D eigenvalue weighted by Gasteiger charge is -2.08. The first-order valence-electron chi connectivity index (χ1n) is 5.05. The molecule has 0 unspecified atom stereocenters. The molecular formula is C12H13NO4. The van der Waals surface area contributed by atoms with Gasteiger partial charge in [0.05, 0.1) is 19.3 Å². The fourth-order valence-electron chi connectivity index (χ4n) is 1.30. The van der Waals surface area contributed by atoms with E-state index >= 15 is 0 Å². The van der Waals surface area contributed by atoms with Gasteiger partial charge in [-0.15, -0.1) is 0 Å². The van der Waals surface area contributed by atoms with Crippen LogP contribution in [0.15, 0.2) is 24.3 Å². The van der Waals surface area contributed by atoms with Crippen LogP contribution in [-0.4, -0.2) is 31.4 Å². The summed E-state index contributed by atoms with van der Waals surface area (Å²) in [5.41, 5.74) is 0.0266. The van der Waals surface area contributed by atoms with E-state index in [1.165, 1.54) is 19.2 Å². The van der Waals surface area contributed by atoms with Crippen molar-refractivity contribution in [2.75, 3.05) is 13.7 Å². The lowest BCUT2D eigenvalue weighted by atomic mass is 10.0. The van der Waals surface area contributed by atoms with Gasteiger partial charge in [-0.05, 0) is 13.0 Å². The van der Waals surface area contributed by atoms with Crippen molar-refractivity contribution in [3.63, 3.8) is 0 Å². The van der Waals surface area contributed by atoms with E-state index < -0.39 is 11.9 Å². The van der Waals surface area contributed by atoms with E-state index in [-0.39, 0.29) is 23.4 Å². The van der Waals surface area contributed by atoms with Crippen molar-refractivity contribution in [1.82, 2.24) is 0 Å². The Bertz CT molecular complexity index is 454. The third kappa shape index (κ3) is 2.90. The molecule has 90 valence electrons. The molecule has 1 N–H and O–H groups in total. The number of nitrogens with one attached hydrogen (secondary N) is 1. The number of hydrogen-bond acceptors (Lipinski definition) is 5. The van der Waals surface area contributed by atoms with Gasteiger partial charge < -0.3 is 9.47 Å². The summed E-state index contributed by atoms with van der Waals surface area (Å²) in [6.07, 6.45) is 0. The van der Waals surface area contributed by atoms with Gasteiger partial charge in [0.1, 0.15) is 5.71 Å². The van der Waals surface area contributed by atoms with Gasteiger partial charge in [0.2, 0.25) is 0 Å². The van der Waals surface area contributed by atoms with Crippen molar-refractivity contribution < 1.29 is 19.1 Å². The number of rotatable bonds is 4. The van der Waals surface area contributed by atoms with Gasteiger partial charge in [-0.3, -0.25) is 5.41 Å². The Labute approximate surface area is 98.9 Å². The highest BCUT2D eigenvalue weighted by Crippen LogP contribution is 2.11. The van der Waals surface area contributed by atoms with Gasteiger partial charge in [0.25, 0.3) is 0 Å². The maximum absolute atomic E-state index is 11.4. The highest BCUT2D eigenvalue weighted by atomic mass is 16.5. The molecule has 0 spiro atoms. The van der Waals surface area contributed by atoms with Crippen molar-refractivity contribution >= 4 is 17.7 Å². The Balaban J connectivity index is 3.09. The van der Waals surface area contributed by atoms with Gasteiger partial charge >= 0.3 is 11.9 Å². The Kier molecular flexibility index (Phi) is 4.39. The van der Waals surface area contributed by atoms with Crippen LogP contribution in [0.5, 0.6) is 0 Å². The van der Waals surface area contributed by atoms with Crippen molar-refractivity contribution in [3.05, 3.63) is 35.4 Å². The Hall–Kier alpha value is -2.17. The molecule has 0 saturated carbocycles. The normalized spacial score (nSPS) is 9.53. The highest BCUT2D eigenvalue weighted by Gasteiger charge is 2.20. The maximum atomic E-state index is 11.4. The van der Waals surface area contributed by atoms with E-state index in [1.807, 2.05) is 0 Å². The largest absolute Gasteiger partial charge is 0.465 e. The first-order valence-corrected chi connectivity index (χ1v) is 5.05. The molecule has 1 aromatic rings. The SMILES string of the molecule is CCOC(=O)C(=N)c1ccccc1C(=O)OC. The number of carbonyl (C=O) groups is 2. The number of carbonyl (C=O) groups excluding carboxylic acids is 2. The molecule has 0 aliphatic heterocycles. The Morgan fingerprint density at radius 3 is 2.35 bits per heavy atom. The lowest BCUT2D eigenvalue weighted by molar-refractivity contribution is -0.135. The van der Waals surface area contributed by atoms with Crippen LogP contribution in [0, 0.1) is 5.41 Å². The molecule has 0 bridgehead atoms. The van der Waals surface area contributed by atoms with Crippen molar-refractivity contribution in [1.29, 1.82) is 5.41 Å². The number of ether oxygens (including phenoxy) is 2. The molecule has 0 aromatic heterocycles. The third-order valence-electron chi connectivity index (χ3n) is 2.08. The summed E-state index contributed by atoms with van der Waals surface area (Å²) in [5, 5.41) is 7.67. The monoisotopic (exact) mass is 235 g/mol. The molecule has 5 heteroatoms. The van der Waals surface area contributed by atoms with Crippen LogP contribution in [0.25, 0.3) is 0 Å². The fraction of sp³-hybridized carbons (Fsp3) is 0.250. The van der Waals surface area contributed by atoms with Gasteiger partial charge in [0.15, 0.2) is 0 Å². The molecule has 0 atom stereocenters. The van der Waals surface area contributed by atoms with Crippen LogP contribution >= 0.6 is 0 Å². The smallest absolute Gasteiger partial charge is 0.356 e. The highest BCUT2D eigenvalue weighted by molar-refractivity contribution is 6.43. The van der Waals surface area contributed by atoms with Gasteiger partial charge in [0, 0.05) is 5.56 Å². The Morgan fingerprint density at radius 1 is 1.24 bits per heavy atom. The van der Waals surface area contributed by atoms with Crippen LogP contribution in [0.2, 0.25) is 0 Å². The predicted molar refractivity (Wildman–Crippen MR) is 61.2 cm³/mol. The fourth-order valence-corrected chi connectivity index (χ4v) is 1.30. The molecular weight excluding hydrogens is 222 g/mol. The minimum Gasteiger partial charge on any atom is -0.465 e. The molecule has 0 aliphatic carbocycles. The average molecular weight is 235 g/mol. The van der Waals surface area contributed by atoms with E-state index in [2.05, 4.69) is 4.74 Å². The molecule has 0 radical (unpaired) electrons. The van der Waals surface area contributed by atoms with E-state index in [9.17, 15) is 9.59 Å². The van der Waals surface area contributed by atoms with Crippen LogP contribution in [-0.2, 0) is 14.3 Å². The minimum atomic E-state index is -0.760. The first-order chi connectivity index (χ1) is 8.11. The Morgan fingerprint density at radius 2 is 1.82 bits per heavy atom. The topological polar surface area (TPSA) is 76.5 Å². The van der Waals surface area contributed by atoms with Crippen molar-refractivity contribution in [2.24, 2.45) is 0 Å². The summed E-state index contributed by atoms with van der Waals surface area (Å²) in [6, 6.07) is 6.27. The molecule has 0 aliphatic rings. The summed E-state index contributed by atoms with van der Waals surface area (Å²) < 4.78 is 9.29. The molecule has 1 rings (SSSR count). The van der Waals surface area contributed by atoms with E-state index in [4.69, 9.17) is 10.1 Å². The molecule has 0 fully saturated rings. The number of esters is 2. The zero-order valence-corrected chi connectivity index (χ0v) is 9.65. The van der Waals surface area contributed by atoms with Gasteiger partial charge in [-0.25, -0.2) is 9.59 Å². The second-order valence-electron chi connectivity index (χ2n) is 3.13. The first kappa shape index (κ1) is 12.9. The predicted octanol–water partition coefficient (Wildman–Crippen LogP) is 1.40. The molecule has 17 heavy (non-hydrogen) atoms. The quantitative estimate of drug-likeness (QED) is 0.632. The third-order valence-corrected chi connectivity index (χ3v) is 2.08. The number of methoxy groups -OCH3 is 1. The van der Waals surface area contributed by atoms with Crippen LogP contribution in [0.4, 0.5) is 0 Å².